The van der Waals surface area contributed by atoms with Crippen LogP contribution in [-0.2, 0) is 0 Å². The summed E-state index contributed by atoms with van der Waals surface area (Å²) in [5, 5.41) is 11.1. The van der Waals surface area contributed by atoms with Crippen molar-refractivity contribution in [3.63, 3.8) is 0 Å². The largest absolute Gasteiger partial charge is 0.351 e. The van der Waals surface area contributed by atoms with Gasteiger partial charge in [-0.25, -0.2) is 4.79 Å². The van der Waals surface area contributed by atoms with Gasteiger partial charge in [0.25, 0.3) is 0 Å². The Kier molecular flexibility index (Phi) is 3.08. The van der Waals surface area contributed by atoms with E-state index in [0.29, 0.717) is 11.3 Å². The molecule has 0 heterocycles. The molecule has 5 heteroatoms. The molecule has 0 unspecified atom stereocenters. The summed E-state index contributed by atoms with van der Waals surface area (Å²) in [7, 11) is 0. The number of amides is 2. The summed E-state index contributed by atoms with van der Waals surface area (Å²) in [4.78, 5) is 10.6. The second kappa shape index (κ2) is 4.09. The fourth-order valence-corrected chi connectivity index (χ4v) is 1.50. The van der Waals surface area contributed by atoms with E-state index in [1.807, 2.05) is 28.7 Å². The Morgan fingerprint density at radius 2 is 2.31 bits per heavy atom. The average Bonchev–Trinajstić information content (AvgIpc) is 2.08. The molecule has 0 fully saturated rings. The van der Waals surface area contributed by atoms with Crippen LogP contribution >= 0.6 is 22.6 Å². The van der Waals surface area contributed by atoms with E-state index >= 15 is 0 Å². The Bertz CT molecular complexity index is 383. The van der Waals surface area contributed by atoms with Crippen molar-refractivity contribution in [3.05, 3.63) is 27.3 Å². The molecule has 0 aromatic heterocycles. The van der Waals surface area contributed by atoms with Crippen LogP contribution in [0.5, 0.6) is 0 Å². The number of urea groups is 1. The number of carbonyl (C=O) groups excluding carboxylic acids is 1. The third-order valence-electron chi connectivity index (χ3n) is 1.38. The first-order valence-corrected chi connectivity index (χ1v) is 4.48. The molecule has 0 radical (unpaired) electrons. The number of nitriles is 1. The Morgan fingerprint density at radius 3 is 2.85 bits per heavy atom. The molecule has 0 aliphatic rings. The van der Waals surface area contributed by atoms with Crippen molar-refractivity contribution in [2.75, 3.05) is 5.32 Å². The maximum atomic E-state index is 10.6. The molecule has 1 aromatic rings. The number of nitrogens with two attached hydrogens (primary N) is 1. The molecule has 3 N–H and O–H groups in total. The molecule has 66 valence electrons. The van der Waals surface area contributed by atoms with Gasteiger partial charge in [0, 0.05) is 3.57 Å². The van der Waals surface area contributed by atoms with Crippen LogP contribution in [0.15, 0.2) is 18.2 Å². The van der Waals surface area contributed by atoms with Crippen molar-refractivity contribution in [1.82, 2.24) is 0 Å². The summed E-state index contributed by atoms with van der Waals surface area (Å²) >= 11 is 2.02. The lowest BCUT2D eigenvalue weighted by Crippen LogP contribution is -2.20. The van der Waals surface area contributed by atoms with Gasteiger partial charge in [-0.15, -0.1) is 0 Å². The van der Waals surface area contributed by atoms with E-state index in [2.05, 4.69) is 5.32 Å². The Balaban J connectivity index is 3.17. The second-order valence-corrected chi connectivity index (χ2v) is 3.43. The number of benzene rings is 1. The quantitative estimate of drug-likeness (QED) is 0.770. The molecule has 0 aliphatic heterocycles. The smallest absolute Gasteiger partial charge is 0.316 e. The fraction of sp³-hybridized carbons (Fsp3) is 0. The molecule has 4 nitrogen and oxygen atoms in total. The van der Waals surface area contributed by atoms with Gasteiger partial charge >= 0.3 is 6.03 Å². The molecule has 1 rings (SSSR count). The highest BCUT2D eigenvalue weighted by Crippen LogP contribution is 2.21. The van der Waals surface area contributed by atoms with E-state index in [0.717, 1.165) is 3.57 Å². The van der Waals surface area contributed by atoms with E-state index in [1.165, 1.54) is 0 Å². The van der Waals surface area contributed by atoms with E-state index in [-0.39, 0.29) is 0 Å². The first-order chi connectivity index (χ1) is 6.15. The highest BCUT2D eigenvalue weighted by molar-refractivity contribution is 14.1. The molecular formula is C8H6IN3O. The molecule has 0 saturated carbocycles. The lowest BCUT2D eigenvalue weighted by atomic mass is 10.2. The van der Waals surface area contributed by atoms with E-state index in [9.17, 15) is 4.79 Å². The van der Waals surface area contributed by atoms with Gasteiger partial charge in [-0.2, -0.15) is 5.26 Å². The highest BCUT2D eigenvalue weighted by atomic mass is 127. The van der Waals surface area contributed by atoms with Gasteiger partial charge in [-0.05, 0) is 34.7 Å². The number of nitrogens with one attached hydrogen (secondary N) is 1. The zero-order valence-electron chi connectivity index (χ0n) is 6.54. The number of primary amides is 1. The van der Waals surface area contributed by atoms with Crippen molar-refractivity contribution < 1.29 is 4.79 Å². The van der Waals surface area contributed by atoms with E-state index in [4.69, 9.17) is 11.0 Å². The van der Waals surface area contributed by atoms with Gasteiger partial charge in [0.05, 0.1) is 11.3 Å². The molecule has 2 amide bonds. The second-order valence-electron chi connectivity index (χ2n) is 2.26. The molecule has 13 heavy (non-hydrogen) atoms. The number of rotatable bonds is 1. The van der Waals surface area contributed by atoms with Crippen LogP contribution in [0.25, 0.3) is 0 Å². The van der Waals surface area contributed by atoms with Crippen molar-refractivity contribution in [3.8, 4) is 6.07 Å². The number of anilines is 1. The number of carbonyl (C=O) groups is 1. The lowest BCUT2D eigenvalue weighted by Gasteiger charge is -2.05. The predicted octanol–water partition coefficient (Wildman–Crippen LogP) is 1.65. The summed E-state index contributed by atoms with van der Waals surface area (Å²) in [6.07, 6.45) is 0. The zero-order valence-corrected chi connectivity index (χ0v) is 8.70. The number of hydrogen-bond acceptors (Lipinski definition) is 2. The monoisotopic (exact) mass is 287 g/mol. The minimum Gasteiger partial charge on any atom is -0.351 e. The van der Waals surface area contributed by atoms with Crippen molar-refractivity contribution in [1.29, 1.82) is 5.26 Å². The van der Waals surface area contributed by atoms with Crippen LogP contribution in [0, 0.1) is 14.9 Å². The fourth-order valence-electron chi connectivity index (χ4n) is 0.868. The van der Waals surface area contributed by atoms with Crippen LogP contribution in [-0.4, -0.2) is 6.03 Å². The Morgan fingerprint density at radius 1 is 1.62 bits per heavy atom. The molecule has 0 atom stereocenters. The Labute approximate surface area is 88.9 Å². The molecule has 1 aromatic carbocycles. The van der Waals surface area contributed by atoms with Crippen LogP contribution in [0.3, 0.4) is 0 Å². The minimum atomic E-state index is -0.666. The first kappa shape index (κ1) is 9.80. The predicted molar refractivity (Wildman–Crippen MR) is 57.1 cm³/mol. The van der Waals surface area contributed by atoms with Crippen LogP contribution in [0.1, 0.15) is 5.56 Å². The van der Waals surface area contributed by atoms with Crippen LogP contribution in [0.2, 0.25) is 0 Å². The average molecular weight is 287 g/mol. The van der Waals surface area contributed by atoms with Crippen molar-refractivity contribution in [2.24, 2.45) is 5.73 Å². The van der Waals surface area contributed by atoms with Crippen molar-refractivity contribution in [2.45, 2.75) is 0 Å². The standard InChI is InChI=1S/C8H6IN3O/c9-6-3-1-2-5(4-10)7(6)12-8(11)13/h1-3H,(H3,11,12,13). The molecular weight excluding hydrogens is 281 g/mol. The number of halogens is 1. The first-order valence-electron chi connectivity index (χ1n) is 3.40. The van der Waals surface area contributed by atoms with Crippen LogP contribution < -0.4 is 11.1 Å². The van der Waals surface area contributed by atoms with Gasteiger partial charge in [0.1, 0.15) is 6.07 Å². The number of hydrogen-bond donors (Lipinski definition) is 2. The zero-order chi connectivity index (χ0) is 9.84. The normalized spacial score (nSPS) is 8.92. The van der Waals surface area contributed by atoms with Crippen LogP contribution in [0.4, 0.5) is 10.5 Å². The molecule has 0 bridgehead atoms. The summed E-state index contributed by atoms with van der Waals surface area (Å²) in [5.41, 5.74) is 5.83. The topological polar surface area (TPSA) is 78.9 Å². The van der Waals surface area contributed by atoms with Gasteiger partial charge in [-0.3, -0.25) is 0 Å². The van der Waals surface area contributed by atoms with E-state index < -0.39 is 6.03 Å². The van der Waals surface area contributed by atoms with Gasteiger partial charge in [0.2, 0.25) is 0 Å². The summed E-state index contributed by atoms with van der Waals surface area (Å²) in [6.45, 7) is 0. The summed E-state index contributed by atoms with van der Waals surface area (Å²) in [5.74, 6) is 0. The SMILES string of the molecule is N#Cc1cccc(I)c1NC(N)=O. The summed E-state index contributed by atoms with van der Waals surface area (Å²) < 4.78 is 0.787. The van der Waals surface area contributed by atoms with E-state index in [1.54, 1.807) is 18.2 Å². The maximum Gasteiger partial charge on any atom is 0.316 e. The summed E-state index contributed by atoms with van der Waals surface area (Å²) in [6, 6.07) is 6.45. The number of para-hydroxylation sites is 1. The van der Waals surface area contributed by atoms with Crippen molar-refractivity contribution >= 4 is 34.3 Å². The molecule has 0 spiro atoms. The third kappa shape index (κ3) is 2.32. The highest BCUT2D eigenvalue weighted by Gasteiger charge is 2.06. The van der Waals surface area contributed by atoms with Gasteiger partial charge < -0.3 is 11.1 Å². The number of nitrogens with zero attached hydrogens (tertiary/aromatic N) is 1. The van der Waals surface area contributed by atoms with Gasteiger partial charge in [-0.1, -0.05) is 6.07 Å². The minimum absolute atomic E-state index is 0.408. The lowest BCUT2D eigenvalue weighted by molar-refractivity contribution is 0.259. The Hall–Kier alpha value is -1.29. The van der Waals surface area contributed by atoms with Gasteiger partial charge in [0.15, 0.2) is 0 Å². The third-order valence-corrected chi connectivity index (χ3v) is 2.28. The molecule has 0 saturated heterocycles. The maximum absolute atomic E-state index is 10.6. The molecule has 0 aliphatic carbocycles.